The lowest BCUT2D eigenvalue weighted by molar-refractivity contribution is -0.123. The molecular weight excluding hydrogens is 306 g/mol. The van der Waals surface area contributed by atoms with Crippen molar-refractivity contribution in [2.75, 3.05) is 12.1 Å². The number of anilines is 1. The molecule has 0 fully saturated rings. The molecule has 2 heterocycles. The van der Waals surface area contributed by atoms with Crippen LogP contribution in [0, 0.1) is 5.41 Å². The molecule has 6 nitrogen and oxygen atoms in total. The molecule has 0 spiro atoms. The summed E-state index contributed by atoms with van der Waals surface area (Å²) in [5.41, 5.74) is 2.79. The second-order valence-corrected chi connectivity index (χ2v) is 6.95. The summed E-state index contributed by atoms with van der Waals surface area (Å²) in [6.07, 6.45) is 1.78. The topological polar surface area (TPSA) is 76.2 Å². The zero-order valence-electron chi connectivity index (χ0n) is 14.5. The van der Waals surface area contributed by atoms with E-state index in [2.05, 4.69) is 22.4 Å². The summed E-state index contributed by atoms with van der Waals surface area (Å²) in [7, 11) is 0. The van der Waals surface area contributed by atoms with Crippen molar-refractivity contribution in [1.29, 1.82) is 0 Å². The quantitative estimate of drug-likeness (QED) is 0.896. The number of nitrogens with zero attached hydrogens (tertiary/aromatic N) is 1. The maximum absolute atomic E-state index is 12.5. The molecule has 1 aromatic carbocycles. The first kappa shape index (κ1) is 16.4. The molecule has 2 aromatic rings. The van der Waals surface area contributed by atoms with Gasteiger partial charge in [-0.05, 0) is 24.6 Å². The van der Waals surface area contributed by atoms with Gasteiger partial charge < -0.3 is 14.8 Å². The Hall–Kier alpha value is -2.50. The van der Waals surface area contributed by atoms with Crippen molar-refractivity contribution >= 4 is 11.6 Å². The summed E-state index contributed by atoms with van der Waals surface area (Å²) < 4.78 is 10.8. The van der Waals surface area contributed by atoms with E-state index in [1.165, 1.54) is 0 Å². The van der Waals surface area contributed by atoms with E-state index in [-0.39, 0.29) is 12.7 Å². The van der Waals surface area contributed by atoms with Crippen LogP contribution in [0.3, 0.4) is 0 Å². The van der Waals surface area contributed by atoms with E-state index in [4.69, 9.17) is 9.47 Å². The van der Waals surface area contributed by atoms with Crippen LogP contribution >= 0.6 is 0 Å². The molecule has 0 aliphatic carbocycles. The molecule has 1 amide bonds. The van der Waals surface area contributed by atoms with Crippen LogP contribution < -0.4 is 14.8 Å². The van der Waals surface area contributed by atoms with Crippen LogP contribution in [0.25, 0.3) is 11.3 Å². The number of carbonyl (C=O) groups is 1. The molecule has 6 heteroatoms. The van der Waals surface area contributed by atoms with Crippen molar-refractivity contribution in [2.45, 2.75) is 40.5 Å². The van der Waals surface area contributed by atoms with E-state index in [9.17, 15) is 4.79 Å². The standard InChI is InChI=1S/C18H23N3O3/c1-5-6-12-16(19-17(22)18(2,3)4)15(21-20-12)11-7-8-13-14(9-11)24-10-23-13/h7-9H,5-6,10H2,1-4H3,(H,19,22)(H,20,21). The number of nitrogens with one attached hydrogen (secondary N) is 2. The van der Waals surface area contributed by atoms with Crippen LogP contribution in [-0.4, -0.2) is 22.9 Å². The highest BCUT2D eigenvalue weighted by Crippen LogP contribution is 2.38. The van der Waals surface area contributed by atoms with Crippen LogP contribution in [0.1, 0.15) is 39.8 Å². The monoisotopic (exact) mass is 329 g/mol. The van der Waals surface area contributed by atoms with Crippen LogP contribution in [0.4, 0.5) is 5.69 Å². The first-order valence-electron chi connectivity index (χ1n) is 8.19. The molecule has 0 unspecified atom stereocenters. The number of benzene rings is 1. The van der Waals surface area contributed by atoms with E-state index in [1.54, 1.807) is 0 Å². The number of aryl methyl sites for hydroxylation is 1. The average molecular weight is 329 g/mol. The van der Waals surface area contributed by atoms with Gasteiger partial charge in [0.25, 0.3) is 0 Å². The zero-order chi connectivity index (χ0) is 17.3. The number of hydrogen-bond donors (Lipinski definition) is 2. The highest BCUT2D eigenvalue weighted by molar-refractivity contribution is 5.98. The van der Waals surface area contributed by atoms with Crippen molar-refractivity contribution in [1.82, 2.24) is 10.2 Å². The number of aromatic nitrogens is 2. The maximum atomic E-state index is 12.5. The highest BCUT2D eigenvalue weighted by Gasteiger charge is 2.25. The number of rotatable bonds is 4. The van der Waals surface area contributed by atoms with Gasteiger partial charge in [-0.15, -0.1) is 0 Å². The van der Waals surface area contributed by atoms with Crippen LogP contribution in [0.15, 0.2) is 18.2 Å². The minimum atomic E-state index is -0.479. The van der Waals surface area contributed by atoms with E-state index >= 15 is 0 Å². The summed E-state index contributed by atoms with van der Waals surface area (Å²) in [6.45, 7) is 8.00. The lowest BCUT2D eigenvalue weighted by Crippen LogP contribution is -2.28. The largest absolute Gasteiger partial charge is 0.454 e. The summed E-state index contributed by atoms with van der Waals surface area (Å²) in [6, 6.07) is 5.67. The predicted octanol–water partition coefficient (Wildman–Crippen LogP) is 3.74. The first-order chi connectivity index (χ1) is 11.4. The third-order valence-corrected chi connectivity index (χ3v) is 3.91. The molecule has 0 saturated carbocycles. The van der Waals surface area contributed by atoms with Gasteiger partial charge in [-0.3, -0.25) is 9.89 Å². The smallest absolute Gasteiger partial charge is 0.231 e. The zero-order valence-corrected chi connectivity index (χ0v) is 14.5. The second kappa shape index (κ2) is 6.19. The van der Waals surface area contributed by atoms with Crippen molar-refractivity contribution < 1.29 is 14.3 Å². The van der Waals surface area contributed by atoms with E-state index in [1.807, 2.05) is 39.0 Å². The molecule has 1 aliphatic rings. The first-order valence-corrected chi connectivity index (χ1v) is 8.19. The van der Waals surface area contributed by atoms with Gasteiger partial charge in [0.05, 0.1) is 11.4 Å². The maximum Gasteiger partial charge on any atom is 0.231 e. The second-order valence-electron chi connectivity index (χ2n) is 6.95. The fourth-order valence-electron chi connectivity index (χ4n) is 2.50. The van der Waals surface area contributed by atoms with Gasteiger partial charge in [0.1, 0.15) is 5.69 Å². The van der Waals surface area contributed by atoms with Crippen molar-refractivity contribution in [3.05, 3.63) is 23.9 Å². The lowest BCUT2D eigenvalue weighted by atomic mass is 9.95. The Morgan fingerprint density at radius 2 is 2.04 bits per heavy atom. The average Bonchev–Trinajstić information content (AvgIpc) is 3.13. The third kappa shape index (κ3) is 3.09. The fraction of sp³-hybridized carbons (Fsp3) is 0.444. The number of fused-ring (bicyclic) bond motifs is 1. The van der Waals surface area contributed by atoms with E-state index in [0.29, 0.717) is 11.4 Å². The van der Waals surface area contributed by atoms with Crippen LogP contribution in [0.2, 0.25) is 0 Å². The Morgan fingerprint density at radius 1 is 1.29 bits per heavy atom. The Bertz CT molecular complexity index is 759. The predicted molar refractivity (Wildman–Crippen MR) is 92.2 cm³/mol. The number of amides is 1. The molecule has 1 aliphatic heterocycles. The number of ether oxygens (including phenoxy) is 2. The number of carbonyl (C=O) groups excluding carboxylic acids is 1. The van der Waals surface area contributed by atoms with Gasteiger partial charge in [-0.2, -0.15) is 5.10 Å². The van der Waals surface area contributed by atoms with Crippen LogP contribution in [0.5, 0.6) is 11.5 Å². The third-order valence-electron chi connectivity index (χ3n) is 3.91. The van der Waals surface area contributed by atoms with Gasteiger partial charge in [0.2, 0.25) is 12.7 Å². The van der Waals surface area contributed by atoms with Crippen molar-refractivity contribution in [3.8, 4) is 22.8 Å². The Kier molecular flexibility index (Phi) is 4.22. The Labute approximate surface area is 141 Å². The molecule has 3 rings (SSSR count). The van der Waals surface area contributed by atoms with Gasteiger partial charge in [0, 0.05) is 11.0 Å². The summed E-state index contributed by atoms with van der Waals surface area (Å²) in [4.78, 5) is 12.5. The summed E-state index contributed by atoms with van der Waals surface area (Å²) in [5, 5.41) is 10.5. The Balaban J connectivity index is 2.00. The van der Waals surface area contributed by atoms with E-state index < -0.39 is 5.41 Å². The molecule has 0 bridgehead atoms. The number of aromatic amines is 1. The Morgan fingerprint density at radius 3 is 2.75 bits per heavy atom. The van der Waals surface area contributed by atoms with Crippen molar-refractivity contribution in [3.63, 3.8) is 0 Å². The van der Waals surface area contributed by atoms with Crippen molar-refractivity contribution in [2.24, 2.45) is 5.41 Å². The SMILES string of the molecule is CCCc1[nH]nc(-c2ccc3c(c2)OCO3)c1NC(=O)C(C)(C)C. The molecule has 1 aromatic heterocycles. The summed E-state index contributed by atoms with van der Waals surface area (Å²) in [5.74, 6) is 1.38. The minimum absolute atomic E-state index is 0.0387. The highest BCUT2D eigenvalue weighted by atomic mass is 16.7. The van der Waals surface area contributed by atoms with Gasteiger partial charge >= 0.3 is 0 Å². The lowest BCUT2D eigenvalue weighted by Gasteiger charge is -2.18. The molecule has 2 N–H and O–H groups in total. The van der Waals surface area contributed by atoms with Gasteiger partial charge in [-0.1, -0.05) is 34.1 Å². The summed E-state index contributed by atoms with van der Waals surface area (Å²) >= 11 is 0. The number of H-pyrrole nitrogens is 1. The molecule has 128 valence electrons. The molecular formula is C18H23N3O3. The molecule has 24 heavy (non-hydrogen) atoms. The fourth-order valence-corrected chi connectivity index (χ4v) is 2.50. The van der Waals surface area contributed by atoms with E-state index in [0.717, 1.165) is 35.5 Å². The van der Waals surface area contributed by atoms with Gasteiger partial charge in [-0.25, -0.2) is 0 Å². The number of hydrogen-bond acceptors (Lipinski definition) is 4. The molecule has 0 radical (unpaired) electrons. The molecule has 0 atom stereocenters. The molecule has 0 saturated heterocycles. The normalized spacial score (nSPS) is 13.2. The van der Waals surface area contributed by atoms with Crippen LogP contribution in [-0.2, 0) is 11.2 Å². The minimum Gasteiger partial charge on any atom is -0.454 e. The van der Waals surface area contributed by atoms with Gasteiger partial charge in [0.15, 0.2) is 11.5 Å².